The quantitative estimate of drug-likeness (QED) is 0.846. The molecule has 0 aliphatic carbocycles. The Balaban J connectivity index is 2.79. The highest BCUT2D eigenvalue weighted by Gasteiger charge is 2.09. The van der Waals surface area contributed by atoms with Crippen molar-refractivity contribution in [1.29, 1.82) is 0 Å². The zero-order valence-corrected chi connectivity index (χ0v) is 11.2. The first-order valence-electron chi connectivity index (χ1n) is 5.52. The van der Waals surface area contributed by atoms with Crippen molar-refractivity contribution < 1.29 is 14.6 Å². The first kappa shape index (κ1) is 13.9. The standard InChI is InChI=1S/C13H18O3S/c1-9(2)7-17-8-11-6-10(13(14)15)4-5-12(11)16-3/h4-6,9H,7-8H2,1-3H3,(H,14,15). The molecule has 0 atom stereocenters. The second-order valence-corrected chi connectivity index (χ2v) is 5.27. The normalized spacial score (nSPS) is 10.6. The van der Waals surface area contributed by atoms with Crippen LogP contribution in [0.2, 0.25) is 0 Å². The summed E-state index contributed by atoms with van der Waals surface area (Å²) in [6, 6.07) is 4.97. The largest absolute Gasteiger partial charge is 0.496 e. The Morgan fingerprint density at radius 2 is 2.18 bits per heavy atom. The van der Waals surface area contributed by atoms with Gasteiger partial charge in [0.05, 0.1) is 12.7 Å². The van der Waals surface area contributed by atoms with Crippen molar-refractivity contribution >= 4 is 17.7 Å². The SMILES string of the molecule is COc1ccc(C(=O)O)cc1CSCC(C)C. The molecule has 1 rings (SSSR count). The van der Waals surface area contributed by atoms with Crippen LogP contribution in [0, 0.1) is 5.92 Å². The van der Waals surface area contributed by atoms with Crippen LogP contribution in [0.4, 0.5) is 0 Å². The summed E-state index contributed by atoms with van der Waals surface area (Å²) in [5.41, 5.74) is 1.25. The fourth-order valence-electron chi connectivity index (χ4n) is 1.43. The molecule has 4 heteroatoms. The molecular weight excluding hydrogens is 236 g/mol. The lowest BCUT2D eigenvalue weighted by atomic mass is 10.1. The molecule has 1 N–H and O–H groups in total. The zero-order valence-electron chi connectivity index (χ0n) is 10.4. The van der Waals surface area contributed by atoms with E-state index in [0.717, 1.165) is 22.8 Å². The predicted molar refractivity (Wildman–Crippen MR) is 71.0 cm³/mol. The second-order valence-electron chi connectivity index (χ2n) is 4.24. The number of methoxy groups -OCH3 is 1. The summed E-state index contributed by atoms with van der Waals surface area (Å²) in [5.74, 6) is 2.32. The van der Waals surface area contributed by atoms with Crippen molar-refractivity contribution in [2.24, 2.45) is 5.92 Å². The Morgan fingerprint density at radius 3 is 2.71 bits per heavy atom. The molecule has 94 valence electrons. The van der Waals surface area contributed by atoms with Gasteiger partial charge < -0.3 is 9.84 Å². The van der Waals surface area contributed by atoms with Gasteiger partial charge >= 0.3 is 5.97 Å². The topological polar surface area (TPSA) is 46.5 Å². The molecule has 0 bridgehead atoms. The Bertz CT molecular complexity index is 388. The number of hydrogen-bond donors (Lipinski definition) is 1. The minimum absolute atomic E-state index is 0.311. The van der Waals surface area contributed by atoms with E-state index in [1.807, 2.05) is 0 Å². The number of carboxylic acid groups (broad SMARTS) is 1. The van der Waals surface area contributed by atoms with E-state index in [0.29, 0.717) is 11.5 Å². The summed E-state index contributed by atoms with van der Waals surface area (Å²) in [4.78, 5) is 10.9. The third-order valence-electron chi connectivity index (χ3n) is 2.24. The Kier molecular flexibility index (Phi) is 5.35. The van der Waals surface area contributed by atoms with Crippen molar-refractivity contribution in [1.82, 2.24) is 0 Å². The molecule has 0 aliphatic heterocycles. The van der Waals surface area contributed by atoms with E-state index < -0.39 is 5.97 Å². The first-order chi connectivity index (χ1) is 8.04. The molecule has 0 spiro atoms. The van der Waals surface area contributed by atoms with Gasteiger partial charge in [0, 0.05) is 11.3 Å². The lowest BCUT2D eigenvalue weighted by Gasteiger charge is -2.10. The summed E-state index contributed by atoms with van der Waals surface area (Å²) >= 11 is 1.79. The van der Waals surface area contributed by atoms with Gasteiger partial charge in [-0.15, -0.1) is 0 Å². The van der Waals surface area contributed by atoms with Crippen molar-refractivity contribution in [3.63, 3.8) is 0 Å². The summed E-state index contributed by atoms with van der Waals surface area (Å²) < 4.78 is 5.23. The number of ether oxygens (including phenoxy) is 1. The lowest BCUT2D eigenvalue weighted by molar-refractivity contribution is 0.0696. The van der Waals surface area contributed by atoms with E-state index in [1.165, 1.54) is 0 Å². The summed E-state index contributed by atoms with van der Waals surface area (Å²) in [6.45, 7) is 4.33. The van der Waals surface area contributed by atoms with Gasteiger partial charge in [0.1, 0.15) is 5.75 Å². The number of aromatic carboxylic acids is 1. The van der Waals surface area contributed by atoms with Gasteiger partial charge in [0.25, 0.3) is 0 Å². The zero-order chi connectivity index (χ0) is 12.8. The molecule has 0 aromatic heterocycles. The molecule has 0 saturated heterocycles. The molecule has 0 amide bonds. The average Bonchev–Trinajstić information content (AvgIpc) is 2.28. The number of hydrogen-bond acceptors (Lipinski definition) is 3. The molecule has 0 heterocycles. The maximum Gasteiger partial charge on any atom is 0.335 e. The summed E-state index contributed by atoms with van der Waals surface area (Å²) in [7, 11) is 1.60. The predicted octanol–water partition coefficient (Wildman–Crippen LogP) is 3.28. The van der Waals surface area contributed by atoms with Gasteiger partial charge in [0.15, 0.2) is 0 Å². The molecule has 1 aromatic rings. The van der Waals surface area contributed by atoms with Crippen LogP contribution in [-0.2, 0) is 5.75 Å². The van der Waals surface area contributed by atoms with Crippen LogP contribution in [0.1, 0.15) is 29.8 Å². The molecule has 3 nitrogen and oxygen atoms in total. The third-order valence-corrected chi connectivity index (χ3v) is 3.65. The van der Waals surface area contributed by atoms with Crippen LogP contribution in [-0.4, -0.2) is 23.9 Å². The van der Waals surface area contributed by atoms with E-state index >= 15 is 0 Å². The molecule has 0 unspecified atom stereocenters. The van der Waals surface area contributed by atoms with Crippen molar-refractivity contribution in [3.05, 3.63) is 29.3 Å². The molecular formula is C13H18O3S. The van der Waals surface area contributed by atoms with Crippen LogP contribution in [0.5, 0.6) is 5.75 Å². The fourth-order valence-corrected chi connectivity index (χ4v) is 2.46. The van der Waals surface area contributed by atoms with Gasteiger partial charge in [-0.05, 0) is 29.9 Å². The Morgan fingerprint density at radius 1 is 1.47 bits per heavy atom. The smallest absolute Gasteiger partial charge is 0.335 e. The van der Waals surface area contributed by atoms with Gasteiger partial charge in [-0.2, -0.15) is 11.8 Å². The average molecular weight is 254 g/mol. The van der Waals surface area contributed by atoms with Crippen LogP contribution >= 0.6 is 11.8 Å². The molecule has 0 fully saturated rings. The van der Waals surface area contributed by atoms with E-state index in [2.05, 4.69) is 13.8 Å². The maximum atomic E-state index is 10.9. The fraction of sp³-hybridized carbons (Fsp3) is 0.462. The lowest BCUT2D eigenvalue weighted by Crippen LogP contribution is -2.00. The molecule has 0 radical (unpaired) electrons. The number of thioether (sulfide) groups is 1. The minimum atomic E-state index is -0.900. The third kappa shape index (κ3) is 4.30. The summed E-state index contributed by atoms with van der Waals surface area (Å²) in [6.07, 6.45) is 0. The van der Waals surface area contributed by atoms with Gasteiger partial charge in [0.2, 0.25) is 0 Å². The van der Waals surface area contributed by atoms with Crippen molar-refractivity contribution in [2.45, 2.75) is 19.6 Å². The minimum Gasteiger partial charge on any atom is -0.496 e. The monoisotopic (exact) mass is 254 g/mol. The highest BCUT2D eigenvalue weighted by Crippen LogP contribution is 2.25. The van der Waals surface area contributed by atoms with E-state index in [4.69, 9.17) is 9.84 Å². The number of benzene rings is 1. The van der Waals surface area contributed by atoms with Crippen LogP contribution in [0.15, 0.2) is 18.2 Å². The van der Waals surface area contributed by atoms with Crippen LogP contribution in [0.3, 0.4) is 0 Å². The maximum absolute atomic E-state index is 10.9. The van der Waals surface area contributed by atoms with Gasteiger partial charge in [-0.25, -0.2) is 4.79 Å². The highest BCUT2D eigenvalue weighted by atomic mass is 32.2. The van der Waals surface area contributed by atoms with Crippen LogP contribution in [0.25, 0.3) is 0 Å². The van der Waals surface area contributed by atoms with Gasteiger partial charge in [-0.3, -0.25) is 0 Å². The molecule has 17 heavy (non-hydrogen) atoms. The van der Waals surface area contributed by atoms with Crippen LogP contribution < -0.4 is 4.74 Å². The van der Waals surface area contributed by atoms with E-state index in [-0.39, 0.29) is 0 Å². The number of rotatable bonds is 6. The van der Waals surface area contributed by atoms with E-state index in [9.17, 15) is 4.79 Å². The van der Waals surface area contributed by atoms with Crippen molar-refractivity contribution in [2.75, 3.05) is 12.9 Å². The number of carboxylic acids is 1. The molecule has 0 saturated carbocycles. The summed E-state index contributed by atoms with van der Waals surface area (Å²) in [5, 5.41) is 8.94. The highest BCUT2D eigenvalue weighted by molar-refractivity contribution is 7.98. The Labute approximate surface area is 106 Å². The Hall–Kier alpha value is -1.16. The van der Waals surface area contributed by atoms with Crippen molar-refractivity contribution in [3.8, 4) is 5.75 Å². The van der Waals surface area contributed by atoms with E-state index in [1.54, 1.807) is 37.1 Å². The molecule has 1 aromatic carbocycles. The number of carbonyl (C=O) groups is 1. The van der Waals surface area contributed by atoms with Gasteiger partial charge in [-0.1, -0.05) is 13.8 Å². The molecule has 0 aliphatic rings. The first-order valence-corrected chi connectivity index (χ1v) is 6.68. The second kappa shape index (κ2) is 6.55.